The molecule has 0 amide bonds. The van der Waals surface area contributed by atoms with Gasteiger partial charge in [-0.1, -0.05) is 12.8 Å². The summed E-state index contributed by atoms with van der Waals surface area (Å²) in [6, 6.07) is 2.90. The zero-order chi connectivity index (χ0) is 12.9. The quantitative estimate of drug-likeness (QED) is 0.903. The maximum absolute atomic E-state index is 6.09. The zero-order valence-electron chi connectivity index (χ0n) is 11.7. The molecule has 0 radical (unpaired) electrons. The van der Waals surface area contributed by atoms with E-state index >= 15 is 0 Å². The van der Waals surface area contributed by atoms with Gasteiger partial charge >= 0.3 is 0 Å². The van der Waals surface area contributed by atoms with E-state index in [1.165, 1.54) is 50.6 Å². The average molecular weight is 259 g/mol. The highest BCUT2D eigenvalue weighted by atomic mass is 15.3. The fraction of sp³-hybridized carbons (Fsp3) is 0.812. The molecule has 19 heavy (non-hydrogen) atoms. The molecule has 3 aliphatic carbocycles. The second-order valence-electron chi connectivity index (χ2n) is 7.27. The van der Waals surface area contributed by atoms with Gasteiger partial charge in [-0.25, -0.2) is 0 Å². The van der Waals surface area contributed by atoms with Crippen molar-refractivity contribution in [3.8, 4) is 0 Å². The van der Waals surface area contributed by atoms with E-state index in [0.717, 1.165) is 24.8 Å². The fourth-order valence-electron chi connectivity index (χ4n) is 4.62. The molecule has 0 aromatic carbocycles. The van der Waals surface area contributed by atoms with Crippen molar-refractivity contribution >= 4 is 0 Å². The van der Waals surface area contributed by atoms with E-state index in [1.54, 1.807) is 0 Å². The number of hydrogen-bond acceptors (Lipinski definition) is 2. The molecule has 3 nitrogen and oxygen atoms in total. The largest absolute Gasteiger partial charge is 0.330 e. The summed E-state index contributed by atoms with van der Waals surface area (Å²) in [5.74, 6) is 2.00. The van der Waals surface area contributed by atoms with Gasteiger partial charge in [0.15, 0.2) is 0 Å². The number of aromatic nitrogens is 2. The Balaban J connectivity index is 1.47. The number of nitrogens with two attached hydrogens (primary N) is 1. The summed E-state index contributed by atoms with van der Waals surface area (Å²) in [5.41, 5.74) is 7.75. The minimum atomic E-state index is 0.377. The monoisotopic (exact) mass is 259 g/mol. The average Bonchev–Trinajstić information content (AvgIpc) is 2.90. The van der Waals surface area contributed by atoms with Gasteiger partial charge in [-0.3, -0.25) is 4.68 Å². The van der Waals surface area contributed by atoms with E-state index in [0.29, 0.717) is 11.5 Å². The molecule has 4 rings (SSSR count). The van der Waals surface area contributed by atoms with Crippen molar-refractivity contribution in [2.45, 2.75) is 57.4 Å². The van der Waals surface area contributed by atoms with Crippen LogP contribution in [0.1, 0.15) is 56.7 Å². The van der Waals surface area contributed by atoms with Crippen molar-refractivity contribution in [2.24, 2.45) is 23.0 Å². The molecule has 0 saturated heterocycles. The highest BCUT2D eigenvalue weighted by molar-refractivity contribution is 5.11. The van der Waals surface area contributed by atoms with Gasteiger partial charge in [-0.2, -0.15) is 5.10 Å². The molecule has 0 spiro atoms. The molecule has 3 aliphatic rings. The summed E-state index contributed by atoms with van der Waals surface area (Å²) in [4.78, 5) is 0. The third-order valence-electron chi connectivity index (χ3n) is 5.81. The molecule has 3 fully saturated rings. The lowest BCUT2D eigenvalue weighted by atomic mass is 9.79. The highest BCUT2D eigenvalue weighted by Crippen LogP contribution is 2.60. The van der Waals surface area contributed by atoms with E-state index < -0.39 is 0 Å². The molecule has 3 heteroatoms. The fourth-order valence-corrected chi connectivity index (χ4v) is 4.62. The maximum Gasteiger partial charge on any atom is 0.0630 e. The second-order valence-corrected chi connectivity index (χ2v) is 7.27. The smallest absolute Gasteiger partial charge is 0.0630 e. The van der Waals surface area contributed by atoms with Crippen LogP contribution < -0.4 is 5.73 Å². The first-order chi connectivity index (χ1) is 9.28. The lowest BCUT2D eigenvalue weighted by Gasteiger charge is -2.28. The van der Waals surface area contributed by atoms with Crippen LogP contribution in [0.4, 0.5) is 0 Å². The number of hydrogen-bond donors (Lipinski definition) is 1. The Labute approximate surface area is 115 Å². The van der Waals surface area contributed by atoms with E-state index in [1.807, 2.05) is 0 Å². The summed E-state index contributed by atoms with van der Waals surface area (Å²) in [6.45, 7) is 0.844. The normalized spacial score (nSPS) is 37.7. The summed E-state index contributed by atoms with van der Waals surface area (Å²) < 4.78 is 2.22. The van der Waals surface area contributed by atoms with Gasteiger partial charge in [0, 0.05) is 6.20 Å². The Morgan fingerprint density at radius 2 is 2.00 bits per heavy atom. The van der Waals surface area contributed by atoms with E-state index in [-0.39, 0.29) is 0 Å². The molecule has 3 saturated carbocycles. The highest BCUT2D eigenvalue weighted by Gasteiger charge is 2.53. The second kappa shape index (κ2) is 4.34. The topological polar surface area (TPSA) is 43.8 Å². The van der Waals surface area contributed by atoms with Crippen LogP contribution in [0.15, 0.2) is 12.3 Å². The van der Waals surface area contributed by atoms with Crippen molar-refractivity contribution < 1.29 is 0 Å². The molecule has 2 N–H and O–H groups in total. The van der Waals surface area contributed by atoms with Crippen molar-refractivity contribution in [1.82, 2.24) is 9.78 Å². The molecule has 2 unspecified atom stereocenters. The molecule has 1 heterocycles. The Morgan fingerprint density at radius 3 is 2.68 bits per heavy atom. The van der Waals surface area contributed by atoms with Gasteiger partial charge in [0.05, 0.1) is 11.7 Å². The summed E-state index contributed by atoms with van der Waals surface area (Å²) in [5, 5.41) is 4.85. The molecule has 1 aromatic heterocycles. The predicted molar refractivity (Wildman–Crippen MR) is 75.8 cm³/mol. The van der Waals surface area contributed by atoms with Gasteiger partial charge in [-0.15, -0.1) is 0 Å². The van der Waals surface area contributed by atoms with Gasteiger partial charge in [0.2, 0.25) is 0 Å². The van der Waals surface area contributed by atoms with Gasteiger partial charge in [-0.05, 0) is 68.4 Å². The van der Waals surface area contributed by atoms with E-state index in [2.05, 4.69) is 16.9 Å². The third kappa shape index (κ3) is 2.12. The van der Waals surface area contributed by atoms with Crippen molar-refractivity contribution in [1.29, 1.82) is 0 Å². The standard InChI is InChI=1S/C16H25N3/c17-11-16(8-12-7-13(12)9-16)10-14-5-6-19(18-14)15-3-1-2-4-15/h5-6,12-13,15H,1-4,7-11,17H2. The van der Waals surface area contributed by atoms with Crippen molar-refractivity contribution in [3.63, 3.8) is 0 Å². The van der Waals surface area contributed by atoms with Gasteiger partial charge < -0.3 is 5.73 Å². The lowest BCUT2D eigenvalue weighted by molar-refractivity contribution is 0.269. The van der Waals surface area contributed by atoms with Gasteiger partial charge in [0.25, 0.3) is 0 Å². The molecule has 2 atom stereocenters. The Kier molecular flexibility index (Phi) is 2.73. The van der Waals surface area contributed by atoms with E-state index in [9.17, 15) is 0 Å². The molecule has 0 aliphatic heterocycles. The molecular formula is C16H25N3. The molecule has 104 valence electrons. The van der Waals surface area contributed by atoms with Crippen molar-refractivity contribution in [3.05, 3.63) is 18.0 Å². The Hall–Kier alpha value is -0.830. The third-order valence-corrected chi connectivity index (χ3v) is 5.81. The first-order valence-corrected chi connectivity index (χ1v) is 8.02. The summed E-state index contributed by atoms with van der Waals surface area (Å²) >= 11 is 0. The minimum absolute atomic E-state index is 0.377. The van der Waals surface area contributed by atoms with Gasteiger partial charge in [0.1, 0.15) is 0 Å². The van der Waals surface area contributed by atoms with Crippen LogP contribution >= 0.6 is 0 Å². The first kappa shape index (κ1) is 12.0. The predicted octanol–water partition coefficient (Wildman–Crippen LogP) is 2.92. The summed E-state index contributed by atoms with van der Waals surface area (Å²) in [7, 11) is 0. The van der Waals surface area contributed by atoms with Crippen LogP contribution in [0.25, 0.3) is 0 Å². The van der Waals surface area contributed by atoms with Crippen LogP contribution in [0.2, 0.25) is 0 Å². The van der Waals surface area contributed by atoms with Crippen LogP contribution in [0.3, 0.4) is 0 Å². The number of rotatable bonds is 4. The first-order valence-electron chi connectivity index (χ1n) is 8.02. The Bertz CT molecular complexity index is 448. The van der Waals surface area contributed by atoms with Crippen LogP contribution in [-0.2, 0) is 6.42 Å². The summed E-state index contributed by atoms with van der Waals surface area (Å²) in [6.07, 6.45) is 12.8. The van der Waals surface area contributed by atoms with Crippen molar-refractivity contribution in [2.75, 3.05) is 6.54 Å². The Morgan fingerprint density at radius 1 is 1.26 bits per heavy atom. The maximum atomic E-state index is 6.09. The molecule has 0 bridgehead atoms. The number of nitrogens with zero attached hydrogens (tertiary/aromatic N) is 2. The zero-order valence-corrected chi connectivity index (χ0v) is 11.7. The number of fused-ring (bicyclic) bond motifs is 1. The van der Waals surface area contributed by atoms with Crippen LogP contribution in [0.5, 0.6) is 0 Å². The SMILES string of the molecule is NCC1(Cc2ccn(C3CCCC3)n2)CC2CC2C1. The van der Waals surface area contributed by atoms with Crippen LogP contribution in [-0.4, -0.2) is 16.3 Å². The lowest BCUT2D eigenvalue weighted by Crippen LogP contribution is -2.31. The molecule has 1 aromatic rings. The minimum Gasteiger partial charge on any atom is -0.330 e. The molecular weight excluding hydrogens is 234 g/mol. The van der Waals surface area contributed by atoms with E-state index in [4.69, 9.17) is 10.8 Å². The van der Waals surface area contributed by atoms with Crippen LogP contribution in [0, 0.1) is 17.3 Å².